The van der Waals surface area contributed by atoms with Crippen molar-refractivity contribution in [3.8, 4) is 0 Å². The first-order valence-corrected chi connectivity index (χ1v) is 9.02. The Morgan fingerprint density at radius 2 is 1.80 bits per heavy atom. The van der Waals surface area contributed by atoms with E-state index in [2.05, 4.69) is 41.6 Å². The Kier molecular flexibility index (Phi) is 4.20. The zero-order valence-corrected chi connectivity index (χ0v) is 14.9. The van der Waals surface area contributed by atoms with E-state index in [1.807, 2.05) is 12.1 Å². The molecule has 0 saturated carbocycles. The molecule has 2 aromatic carbocycles. The number of hydrogen-bond donors (Lipinski definition) is 0. The summed E-state index contributed by atoms with van der Waals surface area (Å²) in [4.78, 5) is 7.20. The predicted octanol–water partition coefficient (Wildman–Crippen LogP) is 4.48. The fourth-order valence-electron chi connectivity index (χ4n) is 3.84. The number of fused-ring (bicyclic) bond motifs is 1. The van der Waals surface area contributed by atoms with Gasteiger partial charge in [0.25, 0.3) is 0 Å². The highest BCUT2D eigenvalue weighted by atomic mass is 19.1. The van der Waals surface area contributed by atoms with E-state index in [9.17, 15) is 4.39 Å². The first kappa shape index (κ1) is 16.1. The van der Waals surface area contributed by atoms with Gasteiger partial charge in [-0.05, 0) is 67.6 Å². The summed E-state index contributed by atoms with van der Waals surface area (Å²) in [5.41, 5.74) is 4.71. The molecule has 2 heterocycles. The maximum atomic E-state index is 13.1. The molecule has 25 heavy (non-hydrogen) atoms. The third-order valence-corrected chi connectivity index (χ3v) is 5.41. The van der Waals surface area contributed by atoms with E-state index in [-0.39, 0.29) is 5.82 Å². The molecule has 4 heteroatoms. The molecule has 130 valence electrons. The molecule has 1 aromatic heterocycles. The molecular formula is C21H24FN3. The highest BCUT2D eigenvalue weighted by molar-refractivity contribution is 5.76. The smallest absolute Gasteiger partial charge is 0.123 e. The van der Waals surface area contributed by atoms with Gasteiger partial charge in [-0.3, -0.25) is 0 Å². The lowest BCUT2D eigenvalue weighted by Gasteiger charge is -2.33. The Morgan fingerprint density at radius 3 is 2.52 bits per heavy atom. The van der Waals surface area contributed by atoms with Crippen molar-refractivity contribution in [2.75, 3.05) is 18.0 Å². The van der Waals surface area contributed by atoms with Gasteiger partial charge >= 0.3 is 0 Å². The van der Waals surface area contributed by atoms with Gasteiger partial charge in [-0.15, -0.1) is 0 Å². The second-order valence-corrected chi connectivity index (χ2v) is 7.19. The fourth-order valence-corrected chi connectivity index (χ4v) is 3.84. The zero-order chi connectivity index (χ0) is 17.4. The quantitative estimate of drug-likeness (QED) is 0.702. The first-order valence-electron chi connectivity index (χ1n) is 9.02. The lowest BCUT2D eigenvalue weighted by molar-refractivity contribution is 0.394. The normalized spacial score (nSPS) is 15.9. The van der Waals surface area contributed by atoms with Crippen LogP contribution in [0.5, 0.6) is 0 Å². The van der Waals surface area contributed by atoms with Crippen LogP contribution in [0.1, 0.15) is 24.2 Å². The van der Waals surface area contributed by atoms with Crippen LogP contribution in [0.15, 0.2) is 42.5 Å². The third kappa shape index (κ3) is 3.26. The number of nitrogens with zero attached hydrogens (tertiary/aromatic N) is 3. The molecule has 0 amide bonds. The number of hydrogen-bond acceptors (Lipinski definition) is 2. The lowest BCUT2D eigenvalue weighted by Crippen LogP contribution is -2.34. The maximum absolute atomic E-state index is 13.1. The Morgan fingerprint density at radius 1 is 1.08 bits per heavy atom. The SMILES string of the molecule is Cc1ccc2nc(CC3CCN(c4ccc(F)cc4)CC3)n(C)c2c1. The van der Waals surface area contributed by atoms with Crippen molar-refractivity contribution < 1.29 is 4.39 Å². The van der Waals surface area contributed by atoms with Crippen LogP contribution in [0, 0.1) is 18.7 Å². The van der Waals surface area contributed by atoms with Crippen LogP contribution in [0.2, 0.25) is 0 Å². The van der Waals surface area contributed by atoms with Gasteiger partial charge in [-0.2, -0.15) is 0 Å². The summed E-state index contributed by atoms with van der Waals surface area (Å²) in [5.74, 6) is 1.67. The summed E-state index contributed by atoms with van der Waals surface area (Å²) in [7, 11) is 2.12. The van der Waals surface area contributed by atoms with E-state index in [1.165, 1.54) is 16.9 Å². The van der Waals surface area contributed by atoms with Gasteiger partial charge in [-0.25, -0.2) is 9.37 Å². The van der Waals surface area contributed by atoms with Gasteiger partial charge in [0, 0.05) is 32.2 Å². The van der Waals surface area contributed by atoms with Crippen molar-refractivity contribution in [3.63, 3.8) is 0 Å². The first-order chi connectivity index (χ1) is 12.1. The molecule has 1 aliphatic rings. The van der Waals surface area contributed by atoms with Crippen LogP contribution in [0.3, 0.4) is 0 Å². The number of piperidine rings is 1. The van der Waals surface area contributed by atoms with E-state index in [0.717, 1.165) is 43.6 Å². The highest BCUT2D eigenvalue weighted by Gasteiger charge is 2.21. The molecule has 1 saturated heterocycles. The fraction of sp³-hybridized carbons (Fsp3) is 0.381. The van der Waals surface area contributed by atoms with Crippen LogP contribution in [0.25, 0.3) is 11.0 Å². The van der Waals surface area contributed by atoms with E-state index in [1.54, 1.807) is 12.1 Å². The van der Waals surface area contributed by atoms with Crippen molar-refractivity contribution in [2.24, 2.45) is 13.0 Å². The van der Waals surface area contributed by atoms with Gasteiger partial charge < -0.3 is 9.47 Å². The summed E-state index contributed by atoms with van der Waals surface area (Å²) >= 11 is 0. The van der Waals surface area contributed by atoms with Crippen molar-refractivity contribution in [1.29, 1.82) is 0 Å². The molecule has 0 spiro atoms. The Labute approximate surface area is 148 Å². The van der Waals surface area contributed by atoms with Crippen LogP contribution in [-0.2, 0) is 13.5 Å². The predicted molar refractivity (Wildman–Crippen MR) is 100 cm³/mol. The van der Waals surface area contributed by atoms with Crippen LogP contribution in [0.4, 0.5) is 10.1 Å². The molecule has 0 N–H and O–H groups in total. The molecule has 0 aliphatic carbocycles. The van der Waals surface area contributed by atoms with Crippen molar-refractivity contribution in [3.05, 3.63) is 59.7 Å². The summed E-state index contributed by atoms with van der Waals surface area (Å²) in [6.07, 6.45) is 3.33. The number of aromatic nitrogens is 2. The Hall–Kier alpha value is -2.36. The number of halogens is 1. The van der Waals surface area contributed by atoms with Crippen molar-refractivity contribution in [2.45, 2.75) is 26.2 Å². The number of rotatable bonds is 3. The third-order valence-electron chi connectivity index (χ3n) is 5.41. The van der Waals surface area contributed by atoms with E-state index >= 15 is 0 Å². The molecule has 4 rings (SSSR count). The molecular weight excluding hydrogens is 313 g/mol. The van der Waals surface area contributed by atoms with Gasteiger partial charge in [0.2, 0.25) is 0 Å². The second-order valence-electron chi connectivity index (χ2n) is 7.19. The molecule has 1 fully saturated rings. The minimum atomic E-state index is -0.171. The molecule has 1 aliphatic heterocycles. The van der Waals surface area contributed by atoms with E-state index in [0.29, 0.717) is 5.92 Å². The average molecular weight is 337 g/mol. The van der Waals surface area contributed by atoms with Gasteiger partial charge in [0.1, 0.15) is 11.6 Å². The van der Waals surface area contributed by atoms with Crippen molar-refractivity contribution in [1.82, 2.24) is 9.55 Å². The molecule has 0 radical (unpaired) electrons. The second kappa shape index (κ2) is 6.51. The zero-order valence-electron chi connectivity index (χ0n) is 14.9. The summed E-state index contributed by atoms with van der Waals surface area (Å²) in [6, 6.07) is 13.3. The van der Waals surface area contributed by atoms with Crippen LogP contribution < -0.4 is 4.90 Å². The summed E-state index contributed by atoms with van der Waals surface area (Å²) in [5, 5.41) is 0. The van der Waals surface area contributed by atoms with Crippen molar-refractivity contribution >= 4 is 16.7 Å². The maximum Gasteiger partial charge on any atom is 0.123 e. The summed E-state index contributed by atoms with van der Waals surface area (Å²) < 4.78 is 15.3. The Bertz CT molecular complexity index is 874. The minimum absolute atomic E-state index is 0.171. The van der Waals surface area contributed by atoms with Gasteiger partial charge in [0.05, 0.1) is 11.0 Å². The largest absolute Gasteiger partial charge is 0.372 e. The number of imidazole rings is 1. The highest BCUT2D eigenvalue weighted by Crippen LogP contribution is 2.27. The molecule has 0 unspecified atom stereocenters. The molecule has 3 aromatic rings. The minimum Gasteiger partial charge on any atom is -0.372 e. The molecule has 0 bridgehead atoms. The molecule has 3 nitrogen and oxygen atoms in total. The van der Waals surface area contributed by atoms with Crippen LogP contribution in [-0.4, -0.2) is 22.6 Å². The topological polar surface area (TPSA) is 21.1 Å². The van der Waals surface area contributed by atoms with Crippen LogP contribution >= 0.6 is 0 Å². The number of benzene rings is 2. The Balaban J connectivity index is 1.43. The number of anilines is 1. The van der Waals surface area contributed by atoms with Gasteiger partial charge in [-0.1, -0.05) is 6.07 Å². The number of aryl methyl sites for hydroxylation is 2. The standard InChI is InChI=1S/C21H24FN3/c1-15-3-8-19-20(13-15)24(2)21(23-19)14-16-9-11-25(12-10-16)18-6-4-17(22)5-7-18/h3-8,13,16H,9-12,14H2,1-2H3. The molecule has 0 atom stereocenters. The van der Waals surface area contributed by atoms with E-state index in [4.69, 9.17) is 4.98 Å². The van der Waals surface area contributed by atoms with E-state index < -0.39 is 0 Å². The summed E-state index contributed by atoms with van der Waals surface area (Å²) in [6.45, 7) is 4.18. The lowest BCUT2D eigenvalue weighted by atomic mass is 9.93. The average Bonchev–Trinajstić information content (AvgIpc) is 2.92. The monoisotopic (exact) mass is 337 g/mol. The van der Waals surface area contributed by atoms with Gasteiger partial charge in [0.15, 0.2) is 0 Å².